The van der Waals surface area contributed by atoms with E-state index < -0.39 is 5.91 Å². The van der Waals surface area contributed by atoms with E-state index in [0.29, 0.717) is 11.5 Å². The van der Waals surface area contributed by atoms with Gasteiger partial charge in [-0.2, -0.15) is 0 Å². The zero-order valence-corrected chi connectivity index (χ0v) is 15.3. The van der Waals surface area contributed by atoms with Crippen molar-refractivity contribution in [2.24, 2.45) is 0 Å². The number of carbonyl (C=O) groups excluding carboxylic acids is 2. The molecule has 0 unspecified atom stereocenters. The highest BCUT2D eigenvalue weighted by Gasteiger charge is 2.15. The van der Waals surface area contributed by atoms with E-state index in [1.807, 2.05) is 24.3 Å². The molecule has 0 aliphatic carbocycles. The van der Waals surface area contributed by atoms with Crippen molar-refractivity contribution >= 4 is 34.5 Å². The number of nitrogens with zero attached hydrogens (tertiary/aromatic N) is 2. The largest absolute Gasteiger partial charge is 0.411 e. The summed E-state index contributed by atoms with van der Waals surface area (Å²) in [6.45, 7) is 0. The summed E-state index contributed by atoms with van der Waals surface area (Å²) in [5, 5.41) is 9.24. The molecular formula is C19H15N5O3S. The molecule has 0 spiro atoms. The van der Waals surface area contributed by atoms with Crippen molar-refractivity contribution in [1.29, 1.82) is 0 Å². The molecule has 2 amide bonds. The van der Waals surface area contributed by atoms with Crippen molar-refractivity contribution in [3.8, 4) is 11.5 Å². The predicted molar refractivity (Wildman–Crippen MR) is 104 cm³/mol. The molecule has 9 heteroatoms. The van der Waals surface area contributed by atoms with Crippen LogP contribution in [0.3, 0.4) is 0 Å². The molecule has 0 saturated heterocycles. The van der Waals surface area contributed by atoms with Crippen LogP contribution in [0, 0.1) is 0 Å². The maximum Gasteiger partial charge on any atom is 0.277 e. The number of amides is 2. The Morgan fingerprint density at radius 3 is 2.64 bits per heavy atom. The Labute approximate surface area is 163 Å². The molecule has 0 aliphatic heterocycles. The van der Waals surface area contributed by atoms with Gasteiger partial charge in [0.1, 0.15) is 0 Å². The minimum absolute atomic E-state index is 0.0184. The lowest BCUT2D eigenvalue weighted by molar-refractivity contribution is -0.119. The molecule has 28 heavy (non-hydrogen) atoms. The second-order valence-electron chi connectivity index (χ2n) is 5.78. The zero-order valence-electron chi connectivity index (χ0n) is 14.5. The van der Waals surface area contributed by atoms with Gasteiger partial charge in [0, 0.05) is 22.7 Å². The second kappa shape index (κ2) is 7.97. The van der Waals surface area contributed by atoms with Crippen molar-refractivity contribution in [2.45, 2.75) is 5.22 Å². The molecule has 2 aromatic carbocycles. The van der Waals surface area contributed by atoms with Crippen LogP contribution >= 0.6 is 11.8 Å². The number of hydrazine groups is 1. The smallest absolute Gasteiger partial charge is 0.277 e. The van der Waals surface area contributed by atoms with Crippen LogP contribution in [0.15, 0.2) is 70.4 Å². The number of para-hydroxylation sites is 1. The minimum Gasteiger partial charge on any atom is -0.411 e. The standard InChI is InChI=1S/C19H15N5O3S/c25-16(21-22-17(26)12-6-2-1-3-7-12)11-28-19-24-23-18(27-19)14-10-20-15-9-5-4-8-13(14)15/h1-10,20H,11H2,(H,21,25)(H,22,26). The van der Waals surface area contributed by atoms with Gasteiger partial charge in [0.15, 0.2) is 0 Å². The highest BCUT2D eigenvalue weighted by molar-refractivity contribution is 7.99. The summed E-state index contributed by atoms with van der Waals surface area (Å²) in [4.78, 5) is 27.0. The van der Waals surface area contributed by atoms with Gasteiger partial charge < -0.3 is 9.40 Å². The molecule has 140 valence electrons. The average Bonchev–Trinajstić information content (AvgIpc) is 3.37. The van der Waals surface area contributed by atoms with Crippen LogP contribution in [0.25, 0.3) is 22.4 Å². The maximum atomic E-state index is 11.9. The van der Waals surface area contributed by atoms with Gasteiger partial charge in [-0.3, -0.25) is 20.4 Å². The Morgan fingerprint density at radius 1 is 1.00 bits per heavy atom. The molecule has 3 N–H and O–H groups in total. The number of hydrogen-bond donors (Lipinski definition) is 3. The third kappa shape index (κ3) is 3.89. The number of aromatic nitrogens is 3. The van der Waals surface area contributed by atoms with Gasteiger partial charge in [0.25, 0.3) is 17.0 Å². The summed E-state index contributed by atoms with van der Waals surface area (Å²) in [6.07, 6.45) is 1.80. The van der Waals surface area contributed by atoms with Crippen LogP contribution in [0.4, 0.5) is 0 Å². The lowest BCUT2D eigenvalue weighted by atomic mass is 10.2. The summed E-state index contributed by atoms with van der Waals surface area (Å²) >= 11 is 1.09. The summed E-state index contributed by atoms with van der Waals surface area (Å²) in [5.74, 6) is -0.387. The molecule has 0 saturated carbocycles. The third-order valence-corrected chi connectivity index (χ3v) is 4.72. The number of fused-ring (bicyclic) bond motifs is 1. The fourth-order valence-electron chi connectivity index (χ4n) is 2.58. The molecule has 8 nitrogen and oxygen atoms in total. The first-order valence-electron chi connectivity index (χ1n) is 8.38. The molecule has 4 aromatic rings. The van der Waals surface area contributed by atoms with Gasteiger partial charge in [0.05, 0.1) is 11.3 Å². The van der Waals surface area contributed by atoms with E-state index in [0.717, 1.165) is 28.2 Å². The van der Waals surface area contributed by atoms with Crippen molar-refractivity contribution in [3.05, 3.63) is 66.4 Å². The van der Waals surface area contributed by atoms with Gasteiger partial charge >= 0.3 is 0 Å². The van der Waals surface area contributed by atoms with Gasteiger partial charge in [-0.15, -0.1) is 10.2 Å². The predicted octanol–water partition coefficient (Wildman–Crippen LogP) is 2.77. The Kier molecular flexibility index (Phi) is 5.07. The number of rotatable bonds is 5. The van der Waals surface area contributed by atoms with Gasteiger partial charge in [-0.25, -0.2) is 0 Å². The van der Waals surface area contributed by atoms with Gasteiger partial charge in [0.2, 0.25) is 5.91 Å². The summed E-state index contributed by atoms with van der Waals surface area (Å²) in [5.41, 5.74) is 6.94. The molecule has 2 aromatic heterocycles. The lowest BCUT2D eigenvalue weighted by Crippen LogP contribution is -2.42. The highest BCUT2D eigenvalue weighted by atomic mass is 32.2. The Hall–Kier alpha value is -3.59. The van der Waals surface area contributed by atoms with Crippen molar-refractivity contribution in [2.75, 3.05) is 5.75 Å². The fraction of sp³-hybridized carbons (Fsp3) is 0.0526. The Balaban J connectivity index is 1.32. The molecular weight excluding hydrogens is 378 g/mol. The number of hydrogen-bond acceptors (Lipinski definition) is 6. The Morgan fingerprint density at radius 2 is 1.79 bits per heavy atom. The second-order valence-corrected chi connectivity index (χ2v) is 6.70. The summed E-state index contributed by atoms with van der Waals surface area (Å²) in [7, 11) is 0. The first-order chi connectivity index (χ1) is 13.7. The molecule has 0 bridgehead atoms. The van der Waals surface area contributed by atoms with Crippen LogP contribution in [-0.2, 0) is 4.79 Å². The van der Waals surface area contributed by atoms with E-state index in [1.54, 1.807) is 36.5 Å². The monoisotopic (exact) mass is 393 g/mol. The van der Waals surface area contributed by atoms with E-state index in [-0.39, 0.29) is 16.9 Å². The van der Waals surface area contributed by atoms with Crippen LogP contribution < -0.4 is 10.9 Å². The van der Waals surface area contributed by atoms with E-state index in [9.17, 15) is 9.59 Å². The number of H-pyrrole nitrogens is 1. The number of thioether (sulfide) groups is 1. The van der Waals surface area contributed by atoms with Crippen LogP contribution in [-0.4, -0.2) is 32.7 Å². The molecule has 0 atom stereocenters. The lowest BCUT2D eigenvalue weighted by Gasteiger charge is -2.06. The van der Waals surface area contributed by atoms with E-state index in [2.05, 4.69) is 26.0 Å². The molecule has 0 fully saturated rings. The topological polar surface area (TPSA) is 113 Å². The van der Waals surface area contributed by atoms with E-state index in [4.69, 9.17) is 4.42 Å². The van der Waals surface area contributed by atoms with Crippen molar-refractivity contribution in [3.63, 3.8) is 0 Å². The van der Waals surface area contributed by atoms with Gasteiger partial charge in [-0.1, -0.05) is 48.2 Å². The van der Waals surface area contributed by atoms with Crippen LogP contribution in [0.5, 0.6) is 0 Å². The minimum atomic E-state index is -0.390. The zero-order chi connectivity index (χ0) is 19.3. The average molecular weight is 393 g/mol. The molecule has 2 heterocycles. The van der Waals surface area contributed by atoms with Gasteiger partial charge in [-0.05, 0) is 18.2 Å². The van der Waals surface area contributed by atoms with Crippen molar-refractivity contribution < 1.29 is 14.0 Å². The van der Waals surface area contributed by atoms with E-state index in [1.165, 1.54) is 0 Å². The molecule has 4 rings (SSSR count). The number of carbonyl (C=O) groups is 2. The molecule has 0 radical (unpaired) electrons. The van der Waals surface area contributed by atoms with Crippen molar-refractivity contribution in [1.82, 2.24) is 26.0 Å². The maximum absolute atomic E-state index is 11.9. The molecule has 0 aliphatic rings. The number of aromatic amines is 1. The normalized spacial score (nSPS) is 10.7. The Bertz CT molecular complexity index is 1120. The SMILES string of the molecule is O=C(CSc1nnc(-c2c[nH]c3ccccc23)o1)NNC(=O)c1ccccc1. The summed E-state index contributed by atoms with van der Waals surface area (Å²) < 4.78 is 5.63. The van der Waals surface area contributed by atoms with Crippen LogP contribution in [0.1, 0.15) is 10.4 Å². The third-order valence-electron chi connectivity index (χ3n) is 3.90. The number of benzene rings is 2. The fourth-order valence-corrected chi connectivity index (χ4v) is 3.14. The highest BCUT2D eigenvalue weighted by Crippen LogP contribution is 2.29. The summed E-state index contributed by atoms with van der Waals surface area (Å²) in [6, 6.07) is 16.4. The van der Waals surface area contributed by atoms with E-state index >= 15 is 0 Å². The first-order valence-corrected chi connectivity index (χ1v) is 9.36. The number of nitrogens with one attached hydrogen (secondary N) is 3. The first kappa shape index (κ1) is 17.8. The quantitative estimate of drug-likeness (QED) is 0.355. The van der Waals surface area contributed by atoms with Crippen LogP contribution in [0.2, 0.25) is 0 Å².